The minimum absolute atomic E-state index is 0.294. The molecular formula is C13H24N2O2. The van der Waals surface area contributed by atoms with E-state index in [2.05, 4.69) is 16.8 Å². The van der Waals surface area contributed by atoms with Crippen LogP contribution in [0.15, 0.2) is 0 Å². The summed E-state index contributed by atoms with van der Waals surface area (Å²) in [5.41, 5.74) is 0. The number of hydrogen-bond acceptors (Lipinski definition) is 3. The van der Waals surface area contributed by atoms with Gasteiger partial charge in [-0.3, -0.25) is 9.69 Å². The average molecular weight is 240 g/mol. The second-order valence-electron chi connectivity index (χ2n) is 5.50. The van der Waals surface area contributed by atoms with Crippen molar-refractivity contribution in [1.29, 1.82) is 0 Å². The molecule has 1 saturated carbocycles. The van der Waals surface area contributed by atoms with E-state index in [0.717, 1.165) is 13.1 Å². The van der Waals surface area contributed by atoms with Gasteiger partial charge < -0.3 is 10.0 Å². The van der Waals surface area contributed by atoms with E-state index in [1.54, 1.807) is 0 Å². The molecule has 1 aliphatic heterocycles. The number of carbonyl (C=O) groups is 1. The van der Waals surface area contributed by atoms with Gasteiger partial charge in [-0.1, -0.05) is 0 Å². The van der Waals surface area contributed by atoms with E-state index < -0.39 is 5.97 Å². The van der Waals surface area contributed by atoms with Crippen molar-refractivity contribution in [2.24, 2.45) is 0 Å². The van der Waals surface area contributed by atoms with Gasteiger partial charge in [-0.2, -0.15) is 0 Å². The zero-order chi connectivity index (χ0) is 12.3. The van der Waals surface area contributed by atoms with Crippen LogP contribution in [-0.2, 0) is 4.79 Å². The smallest absolute Gasteiger partial charge is 0.304 e. The third kappa shape index (κ3) is 3.96. The van der Waals surface area contributed by atoms with Gasteiger partial charge in [-0.15, -0.1) is 0 Å². The molecule has 1 aliphatic carbocycles. The van der Waals surface area contributed by atoms with Crippen molar-refractivity contribution in [3.8, 4) is 0 Å². The molecule has 0 radical (unpaired) electrons. The monoisotopic (exact) mass is 240 g/mol. The maximum absolute atomic E-state index is 10.7. The van der Waals surface area contributed by atoms with Crippen LogP contribution in [0, 0.1) is 0 Å². The summed E-state index contributed by atoms with van der Waals surface area (Å²) in [4.78, 5) is 15.6. The lowest BCUT2D eigenvalue weighted by Crippen LogP contribution is -2.39. The lowest BCUT2D eigenvalue weighted by molar-refractivity contribution is -0.137. The minimum Gasteiger partial charge on any atom is -0.481 e. The average Bonchev–Trinajstić information content (AvgIpc) is 3.08. The van der Waals surface area contributed by atoms with Gasteiger partial charge in [0.1, 0.15) is 0 Å². The van der Waals surface area contributed by atoms with E-state index in [4.69, 9.17) is 5.11 Å². The summed E-state index contributed by atoms with van der Waals surface area (Å²) in [7, 11) is 2.18. The summed E-state index contributed by atoms with van der Waals surface area (Å²) in [5.74, 6) is -0.665. The molecule has 2 rings (SSSR count). The normalized spacial score (nSPS) is 27.1. The van der Waals surface area contributed by atoms with Crippen molar-refractivity contribution in [3.05, 3.63) is 0 Å². The molecule has 4 nitrogen and oxygen atoms in total. The number of nitrogens with zero attached hydrogens (tertiary/aromatic N) is 2. The number of hydrogen-bond donors (Lipinski definition) is 1. The van der Waals surface area contributed by atoms with Crippen molar-refractivity contribution >= 4 is 5.97 Å². The first kappa shape index (κ1) is 12.8. The fourth-order valence-corrected chi connectivity index (χ4v) is 2.85. The number of likely N-dealkylation sites (tertiary alicyclic amines) is 1. The molecule has 1 N–H and O–H groups in total. The molecule has 0 aromatic rings. The molecule has 0 amide bonds. The van der Waals surface area contributed by atoms with Gasteiger partial charge in [0.2, 0.25) is 0 Å². The Morgan fingerprint density at radius 2 is 1.94 bits per heavy atom. The predicted octanol–water partition coefficient (Wildman–Crippen LogP) is 1.41. The Balaban J connectivity index is 1.87. The Kier molecular flexibility index (Phi) is 4.40. The Hall–Kier alpha value is -0.610. The third-order valence-corrected chi connectivity index (χ3v) is 3.99. The highest BCUT2D eigenvalue weighted by Gasteiger charge is 2.34. The zero-order valence-electron chi connectivity index (χ0n) is 10.8. The van der Waals surface area contributed by atoms with Crippen LogP contribution in [-0.4, -0.2) is 59.6 Å². The summed E-state index contributed by atoms with van der Waals surface area (Å²) in [6.07, 6.45) is 6.52. The van der Waals surface area contributed by atoms with Gasteiger partial charge in [0.05, 0.1) is 6.42 Å². The molecule has 98 valence electrons. The van der Waals surface area contributed by atoms with Crippen molar-refractivity contribution < 1.29 is 9.90 Å². The van der Waals surface area contributed by atoms with E-state index in [1.165, 1.54) is 38.6 Å². The first-order valence-electron chi connectivity index (χ1n) is 6.83. The van der Waals surface area contributed by atoms with Gasteiger partial charge in [-0.25, -0.2) is 0 Å². The second kappa shape index (κ2) is 5.83. The van der Waals surface area contributed by atoms with E-state index in [-0.39, 0.29) is 0 Å². The summed E-state index contributed by atoms with van der Waals surface area (Å²) in [6, 6.07) is 1.30. The Morgan fingerprint density at radius 1 is 1.24 bits per heavy atom. The highest BCUT2D eigenvalue weighted by atomic mass is 16.4. The number of rotatable bonds is 5. The molecule has 2 fully saturated rings. The van der Waals surface area contributed by atoms with Crippen LogP contribution >= 0.6 is 0 Å². The van der Waals surface area contributed by atoms with Crippen LogP contribution in [0.25, 0.3) is 0 Å². The van der Waals surface area contributed by atoms with E-state index in [0.29, 0.717) is 18.5 Å². The fourth-order valence-electron chi connectivity index (χ4n) is 2.85. The Labute approximate surface area is 104 Å². The van der Waals surface area contributed by atoms with Crippen LogP contribution in [0.2, 0.25) is 0 Å². The van der Waals surface area contributed by atoms with Crippen LogP contribution in [0.1, 0.15) is 38.5 Å². The van der Waals surface area contributed by atoms with Crippen LogP contribution in [0.5, 0.6) is 0 Å². The molecule has 0 aromatic heterocycles. The first-order valence-corrected chi connectivity index (χ1v) is 6.83. The molecule has 2 aliphatic rings. The van der Waals surface area contributed by atoms with E-state index >= 15 is 0 Å². The van der Waals surface area contributed by atoms with Crippen LogP contribution < -0.4 is 0 Å². The molecular weight excluding hydrogens is 216 g/mol. The van der Waals surface area contributed by atoms with Crippen molar-refractivity contribution in [3.63, 3.8) is 0 Å². The standard InChI is InChI=1S/C13H24N2O2/c1-14-8-2-3-11(6-9-14)15(12-4-5-12)10-7-13(16)17/h11-12H,2-10H2,1H3,(H,16,17). The lowest BCUT2D eigenvalue weighted by Gasteiger charge is -2.30. The van der Waals surface area contributed by atoms with Gasteiger partial charge in [0.25, 0.3) is 0 Å². The summed E-state index contributed by atoms with van der Waals surface area (Å²) in [6.45, 7) is 3.09. The van der Waals surface area contributed by atoms with Crippen molar-refractivity contribution in [2.75, 3.05) is 26.7 Å². The van der Waals surface area contributed by atoms with E-state index in [9.17, 15) is 4.79 Å². The molecule has 0 spiro atoms. The Morgan fingerprint density at radius 3 is 2.59 bits per heavy atom. The maximum atomic E-state index is 10.7. The Bertz CT molecular complexity index is 266. The van der Waals surface area contributed by atoms with Crippen LogP contribution in [0.3, 0.4) is 0 Å². The molecule has 1 saturated heterocycles. The SMILES string of the molecule is CN1CCCC(N(CCC(=O)O)C2CC2)CC1. The predicted molar refractivity (Wildman–Crippen MR) is 67.1 cm³/mol. The third-order valence-electron chi connectivity index (χ3n) is 3.99. The van der Waals surface area contributed by atoms with E-state index in [1.807, 2.05) is 0 Å². The highest BCUT2D eigenvalue weighted by molar-refractivity contribution is 5.66. The zero-order valence-corrected chi connectivity index (χ0v) is 10.8. The summed E-state index contributed by atoms with van der Waals surface area (Å²) >= 11 is 0. The summed E-state index contributed by atoms with van der Waals surface area (Å²) < 4.78 is 0. The van der Waals surface area contributed by atoms with Crippen molar-refractivity contribution in [2.45, 2.75) is 50.6 Å². The number of aliphatic carboxylic acids is 1. The van der Waals surface area contributed by atoms with Gasteiger partial charge >= 0.3 is 5.97 Å². The van der Waals surface area contributed by atoms with Gasteiger partial charge in [0.15, 0.2) is 0 Å². The molecule has 1 atom stereocenters. The number of carboxylic acid groups (broad SMARTS) is 1. The van der Waals surface area contributed by atoms with Gasteiger partial charge in [0, 0.05) is 18.6 Å². The fraction of sp³-hybridized carbons (Fsp3) is 0.923. The quantitative estimate of drug-likeness (QED) is 0.789. The van der Waals surface area contributed by atoms with Crippen molar-refractivity contribution in [1.82, 2.24) is 9.80 Å². The lowest BCUT2D eigenvalue weighted by atomic mass is 10.1. The molecule has 0 aromatic carbocycles. The number of carboxylic acids is 1. The molecule has 4 heteroatoms. The maximum Gasteiger partial charge on any atom is 0.304 e. The molecule has 17 heavy (non-hydrogen) atoms. The molecule has 1 heterocycles. The van der Waals surface area contributed by atoms with Crippen LogP contribution in [0.4, 0.5) is 0 Å². The van der Waals surface area contributed by atoms with Gasteiger partial charge in [-0.05, 0) is 52.2 Å². The summed E-state index contributed by atoms with van der Waals surface area (Å²) in [5, 5.41) is 8.83. The highest BCUT2D eigenvalue weighted by Crippen LogP contribution is 2.31. The molecule has 0 bridgehead atoms. The second-order valence-corrected chi connectivity index (χ2v) is 5.50. The molecule has 1 unspecified atom stereocenters. The minimum atomic E-state index is -0.665. The largest absolute Gasteiger partial charge is 0.481 e. The first-order chi connectivity index (χ1) is 8.16. The topological polar surface area (TPSA) is 43.8 Å².